The van der Waals surface area contributed by atoms with Crippen LogP contribution in [0.15, 0.2) is 0 Å². The fourth-order valence-corrected chi connectivity index (χ4v) is 1.41. The normalized spacial score (nSPS) is 34.6. The molecular weight excluding hydrogens is 130 g/mol. The summed E-state index contributed by atoms with van der Waals surface area (Å²) >= 11 is 0. The van der Waals surface area contributed by atoms with Gasteiger partial charge in [-0.1, -0.05) is 0 Å². The molecule has 1 rings (SSSR count). The van der Waals surface area contributed by atoms with Gasteiger partial charge in [0.25, 0.3) is 0 Å². The molecule has 1 fully saturated rings. The van der Waals surface area contributed by atoms with E-state index in [4.69, 9.17) is 5.11 Å². The lowest BCUT2D eigenvalue weighted by atomic mass is 10.2. The number of aliphatic carboxylic acids is 1. The molecule has 10 heavy (non-hydrogen) atoms. The van der Waals surface area contributed by atoms with Gasteiger partial charge in [-0.25, -0.2) is 0 Å². The van der Waals surface area contributed by atoms with E-state index in [0.717, 1.165) is 12.8 Å². The van der Waals surface area contributed by atoms with Crippen molar-refractivity contribution >= 4 is 5.97 Å². The molecule has 1 aliphatic rings. The van der Waals surface area contributed by atoms with Gasteiger partial charge in [0, 0.05) is 6.04 Å². The highest BCUT2D eigenvalue weighted by atomic mass is 16.4. The molecule has 0 aromatic rings. The van der Waals surface area contributed by atoms with E-state index in [1.54, 1.807) is 0 Å². The Morgan fingerprint density at radius 1 is 1.60 bits per heavy atom. The van der Waals surface area contributed by atoms with Gasteiger partial charge in [-0.15, -0.1) is 0 Å². The molecule has 0 amide bonds. The van der Waals surface area contributed by atoms with Crippen molar-refractivity contribution in [1.29, 1.82) is 0 Å². The summed E-state index contributed by atoms with van der Waals surface area (Å²) in [7, 11) is 1.87. The van der Waals surface area contributed by atoms with Crippen molar-refractivity contribution in [1.82, 2.24) is 4.90 Å². The zero-order chi connectivity index (χ0) is 7.72. The minimum atomic E-state index is -0.688. The van der Waals surface area contributed by atoms with Crippen molar-refractivity contribution in [2.75, 3.05) is 7.05 Å². The Morgan fingerprint density at radius 2 is 2.20 bits per heavy atom. The third-order valence-electron chi connectivity index (χ3n) is 2.33. The number of carboxylic acids is 1. The Labute approximate surface area is 60.6 Å². The van der Waals surface area contributed by atoms with Crippen molar-refractivity contribution in [3.05, 3.63) is 0 Å². The van der Waals surface area contributed by atoms with Gasteiger partial charge in [-0.2, -0.15) is 0 Å². The summed E-state index contributed by atoms with van der Waals surface area (Å²) in [6.07, 6.45) is 1.81. The topological polar surface area (TPSA) is 40.5 Å². The second kappa shape index (κ2) is 2.58. The number of nitrogens with zero attached hydrogens (tertiary/aromatic N) is 1. The predicted octanol–water partition coefficient (Wildman–Crippen LogP) is 0.554. The number of hydrogen-bond donors (Lipinski definition) is 1. The van der Waals surface area contributed by atoms with E-state index in [-0.39, 0.29) is 6.04 Å². The van der Waals surface area contributed by atoms with Crippen LogP contribution < -0.4 is 0 Å². The van der Waals surface area contributed by atoms with E-state index >= 15 is 0 Å². The van der Waals surface area contributed by atoms with Gasteiger partial charge >= 0.3 is 5.97 Å². The van der Waals surface area contributed by atoms with Crippen LogP contribution in [0.1, 0.15) is 19.8 Å². The zero-order valence-electron chi connectivity index (χ0n) is 6.37. The van der Waals surface area contributed by atoms with Crippen molar-refractivity contribution in [3.63, 3.8) is 0 Å². The summed E-state index contributed by atoms with van der Waals surface area (Å²) in [6, 6.07) is 0.191. The van der Waals surface area contributed by atoms with E-state index in [2.05, 4.69) is 6.92 Å². The van der Waals surface area contributed by atoms with Crippen LogP contribution in [-0.2, 0) is 4.79 Å². The molecule has 3 heteroatoms. The maximum absolute atomic E-state index is 10.5. The summed E-state index contributed by atoms with van der Waals surface area (Å²) in [6.45, 7) is 2.06. The minimum Gasteiger partial charge on any atom is -0.480 e. The average molecular weight is 143 g/mol. The summed E-state index contributed by atoms with van der Waals surface area (Å²) in [4.78, 5) is 12.4. The molecule has 1 saturated heterocycles. The van der Waals surface area contributed by atoms with Crippen molar-refractivity contribution < 1.29 is 9.90 Å². The molecule has 0 spiro atoms. The highest BCUT2D eigenvalue weighted by Crippen LogP contribution is 2.21. The largest absolute Gasteiger partial charge is 0.480 e. The molecule has 0 aromatic heterocycles. The number of rotatable bonds is 1. The zero-order valence-corrected chi connectivity index (χ0v) is 6.37. The summed E-state index contributed by atoms with van der Waals surface area (Å²) in [5, 5.41) is 8.66. The molecule has 58 valence electrons. The SMILES string of the molecule is C[C@@H]1CC[C@H](C(=O)O)N1C. The molecular formula is C7H13NO2. The number of carbonyl (C=O) groups is 1. The standard InChI is InChI=1S/C7H13NO2/c1-5-3-4-6(7(9)10)8(5)2/h5-6H,3-4H2,1-2H3,(H,9,10)/t5-,6-/m1/s1. The quantitative estimate of drug-likeness (QED) is 0.583. The molecule has 1 heterocycles. The van der Waals surface area contributed by atoms with E-state index in [9.17, 15) is 4.79 Å². The molecule has 0 aromatic carbocycles. The lowest BCUT2D eigenvalue weighted by Gasteiger charge is -2.19. The summed E-state index contributed by atoms with van der Waals surface area (Å²) in [5.74, 6) is -0.688. The lowest BCUT2D eigenvalue weighted by molar-refractivity contribution is -0.142. The Hall–Kier alpha value is -0.570. The molecule has 0 bridgehead atoms. The van der Waals surface area contributed by atoms with E-state index < -0.39 is 5.97 Å². The first-order chi connectivity index (χ1) is 4.63. The maximum atomic E-state index is 10.5. The molecule has 0 aliphatic carbocycles. The second-order valence-corrected chi connectivity index (χ2v) is 2.95. The maximum Gasteiger partial charge on any atom is 0.320 e. The van der Waals surface area contributed by atoms with E-state index in [0.29, 0.717) is 6.04 Å². The lowest BCUT2D eigenvalue weighted by Crippen LogP contribution is -2.36. The van der Waals surface area contributed by atoms with Crippen molar-refractivity contribution in [3.8, 4) is 0 Å². The van der Waals surface area contributed by atoms with Crippen LogP contribution in [0.4, 0.5) is 0 Å². The van der Waals surface area contributed by atoms with Crippen LogP contribution in [0.2, 0.25) is 0 Å². The van der Waals surface area contributed by atoms with Gasteiger partial charge < -0.3 is 5.11 Å². The van der Waals surface area contributed by atoms with Gasteiger partial charge in [-0.3, -0.25) is 9.69 Å². The molecule has 1 aliphatic heterocycles. The van der Waals surface area contributed by atoms with Crippen LogP contribution in [0.5, 0.6) is 0 Å². The minimum absolute atomic E-state index is 0.241. The van der Waals surface area contributed by atoms with Gasteiger partial charge in [-0.05, 0) is 26.8 Å². The first-order valence-electron chi connectivity index (χ1n) is 3.57. The fourth-order valence-electron chi connectivity index (χ4n) is 1.41. The molecule has 0 saturated carbocycles. The highest BCUT2D eigenvalue weighted by molar-refractivity contribution is 5.73. The number of carboxylic acid groups (broad SMARTS) is 1. The number of hydrogen-bond acceptors (Lipinski definition) is 2. The molecule has 0 unspecified atom stereocenters. The molecule has 1 N–H and O–H groups in total. The third kappa shape index (κ3) is 1.14. The molecule has 3 nitrogen and oxygen atoms in total. The smallest absolute Gasteiger partial charge is 0.320 e. The average Bonchev–Trinajstić information content (AvgIpc) is 2.14. The van der Waals surface area contributed by atoms with Gasteiger partial charge in [0.1, 0.15) is 6.04 Å². The first kappa shape index (κ1) is 7.54. The van der Waals surface area contributed by atoms with Crippen LogP contribution in [0, 0.1) is 0 Å². The van der Waals surface area contributed by atoms with E-state index in [1.165, 1.54) is 0 Å². The molecule has 2 atom stereocenters. The fraction of sp³-hybridized carbons (Fsp3) is 0.857. The highest BCUT2D eigenvalue weighted by Gasteiger charge is 2.32. The Balaban J connectivity index is 2.57. The van der Waals surface area contributed by atoms with Gasteiger partial charge in [0.2, 0.25) is 0 Å². The predicted molar refractivity (Wildman–Crippen MR) is 37.9 cm³/mol. The van der Waals surface area contributed by atoms with E-state index in [1.807, 2.05) is 11.9 Å². The first-order valence-corrected chi connectivity index (χ1v) is 3.57. The number of likely N-dealkylation sites (N-methyl/N-ethyl adjacent to an activating group) is 1. The third-order valence-corrected chi connectivity index (χ3v) is 2.33. The van der Waals surface area contributed by atoms with Crippen LogP contribution in [0.25, 0.3) is 0 Å². The Bertz CT molecular complexity index is 147. The van der Waals surface area contributed by atoms with Gasteiger partial charge in [0.05, 0.1) is 0 Å². The van der Waals surface area contributed by atoms with Crippen molar-refractivity contribution in [2.45, 2.75) is 31.8 Å². The monoisotopic (exact) mass is 143 g/mol. The van der Waals surface area contributed by atoms with Crippen LogP contribution >= 0.6 is 0 Å². The van der Waals surface area contributed by atoms with Crippen LogP contribution in [0.3, 0.4) is 0 Å². The Morgan fingerprint density at radius 3 is 2.40 bits per heavy atom. The summed E-state index contributed by atoms with van der Waals surface area (Å²) < 4.78 is 0. The van der Waals surface area contributed by atoms with Crippen LogP contribution in [-0.4, -0.2) is 35.1 Å². The van der Waals surface area contributed by atoms with Gasteiger partial charge in [0.15, 0.2) is 0 Å². The molecule has 0 radical (unpaired) electrons. The summed E-state index contributed by atoms with van der Waals surface area (Å²) in [5.41, 5.74) is 0. The number of likely N-dealkylation sites (tertiary alicyclic amines) is 1. The Kier molecular flexibility index (Phi) is 1.94. The van der Waals surface area contributed by atoms with Crippen molar-refractivity contribution in [2.24, 2.45) is 0 Å². The second-order valence-electron chi connectivity index (χ2n) is 2.95.